The molecule has 8 bridgehead atoms. The molecule has 0 atom stereocenters. The highest BCUT2D eigenvalue weighted by Crippen LogP contribution is 2.44. The van der Waals surface area contributed by atoms with Crippen LogP contribution in [0, 0.1) is 0 Å². The Morgan fingerprint density at radius 3 is 0.769 bits per heavy atom. The molecule has 12 aromatic carbocycles. The Bertz CT molecular complexity index is 7090. The van der Waals surface area contributed by atoms with Gasteiger partial charge in [-0.3, -0.25) is 19.2 Å². The Morgan fingerprint density at radius 1 is 0.212 bits per heavy atom. The molecule has 0 amide bonds. The third-order valence-corrected chi connectivity index (χ3v) is 23.5. The van der Waals surface area contributed by atoms with Crippen LogP contribution in [-0.2, 0) is 0 Å². The summed E-state index contributed by atoms with van der Waals surface area (Å²) in [5.41, 5.74) is 3.71. The second kappa shape index (κ2) is 23.2. The molecule has 2 aliphatic rings. The van der Waals surface area contributed by atoms with Crippen LogP contribution < -0.4 is 40.7 Å². The monoisotopic (exact) mass is 1420 g/mol. The van der Waals surface area contributed by atoms with E-state index in [4.69, 9.17) is 48.9 Å². The number of hydrogen-bond donors (Lipinski definition) is 2. The number of ether oxygens (including phenoxy) is 4. The van der Waals surface area contributed by atoms with E-state index in [2.05, 4.69) is 9.97 Å². The van der Waals surface area contributed by atoms with E-state index in [0.29, 0.717) is 179 Å². The maximum atomic E-state index is 13.9. The van der Waals surface area contributed by atoms with Gasteiger partial charge in [-0.25, -0.2) is 29.9 Å². The van der Waals surface area contributed by atoms with E-state index in [1.165, 1.54) is 0 Å². The van der Waals surface area contributed by atoms with Crippen LogP contribution in [0.2, 0.25) is 0 Å². The second-order valence-corrected chi connectivity index (χ2v) is 29.5. The number of H-pyrrole nitrogens is 2. The lowest BCUT2D eigenvalue weighted by molar-refractivity contribution is 0.483. The summed E-state index contributed by atoms with van der Waals surface area (Å²) in [6.45, 7) is 0. The number of aromatic nitrogens is 8. The standard InChI is InChI=1S/C84H42N8O8S4/c93-73-53-9-1-5-13-65(53)101-69-29-21-45(37-61(69)73)97-41-17-25-49-57(33-41)81-85-77(49)90-82-59-35-43(99-47-23-31-71-63(39-47)75(95)55-11-3-7-15-67(55)103-71)19-27-51(59)79(87-82)92-84-60-36-44(100-48-24-32-72-64(40-48)76(96)56-12-4-8-16-68(56)104-72)20-28-52(60)80(88-84)91-83-58-34-42(18-26-50(58)78(86-83)89-81)98-46-22-30-70-62(38-46)74(94)54-10-2-6-14-66(54)102-70/h1-40H,(H2,85,86,87,88,89,90,91,92). The molecule has 16 nitrogen and oxygen atoms in total. The van der Waals surface area contributed by atoms with Crippen molar-refractivity contribution in [1.29, 1.82) is 0 Å². The molecule has 490 valence electrons. The zero-order valence-electron chi connectivity index (χ0n) is 53.7. The Labute approximate surface area is 599 Å². The summed E-state index contributed by atoms with van der Waals surface area (Å²) in [6.07, 6.45) is 0. The van der Waals surface area contributed by atoms with Gasteiger partial charge < -0.3 is 28.9 Å². The topological polar surface area (TPSA) is 214 Å². The Hall–Kier alpha value is -13.2. The lowest BCUT2D eigenvalue weighted by atomic mass is 10.1. The fourth-order valence-electron chi connectivity index (χ4n) is 13.9. The highest BCUT2D eigenvalue weighted by atomic mass is 32.1. The third kappa shape index (κ3) is 9.90. The zero-order chi connectivity index (χ0) is 69.0. The molecule has 0 saturated heterocycles. The van der Waals surface area contributed by atoms with Gasteiger partial charge in [-0.1, -0.05) is 48.5 Å². The summed E-state index contributed by atoms with van der Waals surface area (Å²) in [5, 5.41) is 7.32. The van der Waals surface area contributed by atoms with Crippen molar-refractivity contribution in [2.75, 3.05) is 0 Å². The van der Waals surface area contributed by atoms with Crippen molar-refractivity contribution >= 4 is 170 Å². The molecular weight excluding hydrogens is 1380 g/mol. The van der Waals surface area contributed by atoms with Crippen molar-refractivity contribution in [3.63, 3.8) is 0 Å². The molecule has 0 fully saturated rings. The maximum Gasteiger partial charge on any atom is 0.196 e. The quantitative estimate of drug-likeness (QED) is 0.135. The van der Waals surface area contributed by atoms with E-state index in [9.17, 15) is 19.2 Å². The minimum atomic E-state index is -0.0794. The van der Waals surface area contributed by atoms with Crippen LogP contribution in [0.25, 0.3) is 170 Å². The SMILES string of the molecule is O=c1c2ccccc2sc2ccc(Oc3ccc4c(c3)-c3nc-4nc4[nH]c(nc5nc(nc6[nH]c(n3)c3ccc(Oc7ccc8sc9ccccc9c(=O)c8c7)cc63)-c3ccc(Oc6ccc7sc8ccccc8c(=O)c7c6)cc3-5)c3ccc(Oc5ccc6sc7ccccc7c(=O)c6c5)cc43)cc12. The number of fused-ring (bicyclic) bond motifs is 28. The van der Waals surface area contributed by atoms with Gasteiger partial charge in [-0.15, -0.1) is 45.3 Å². The van der Waals surface area contributed by atoms with Crippen LogP contribution in [0.15, 0.2) is 262 Å². The van der Waals surface area contributed by atoms with E-state index < -0.39 is 0 Å². The predicted molar refractivity (Wildman–Crippen MR) is 419 cm³/mol. The summed E-state index contributed by atoms with van der Waals surface area (Å²) in [4.78, 5) is 94.9. The van der Waals surface area contributed by atoms with Crippen molar-refractivity contribution in [1.82, 2.24) is 39.9 Å². The number of aromatic amines is 2. The molecule has 19 aromatic rings. The van der Waals surface area contributed by atoms with Crippen molar-refractivity contribution in [3.05, 3.63) is 284 Å². The predicted octanol–water partition coefficient (Wildman–Crippen LogP) is 21.0. The molecular formula is C84H42N8O8S4. The third-order valence-electron chi connectivity index (χ3n) is 18.8. The molecule has 7 aromatic heterocycles. The molecule has 21 rings (SSSR count). The smallest absolute Gasteiger partial charge is 0.196 e. The Balaban J connectivity index is 0.760. The fourth-order valence-corrected chi connectivity index (χ4v) is 18.1. The van der Waals surface area contributed by atoms with Crippen molar-refractivity contribution in [3.8, 4) is 91.5 Å². The van der Waals surface area contributed by atoms with E-state index in [1.54, 1.807) is 69.6 Å². The van der Waals surface area contributed by atoms with Crippen LogP contribution in [-0.4, -0.2) is 39.9 Å². The van der Waals surface area contributed by atoms with Crippen molar-refractivity contribution < 1.29 is 18.9 Å². The van der Waals surface area contributed by atoms with Gasteiger partial charge in [-0.2, -0.15) is 0 Å². The normalized spacial score (nSPS) is 12.0. The average Bonchev–Trinajstić information content (AvgIpc) is 1.69. The van der Waals surface area contributed by atoms with Crippen LogP contribution in [0.5, 0.6) is 46.0 Å². The highest BCUT2D eigenvalue weighted by molar-refractivity contribution is 7.25. The van der Waals surface area contributed by atoms with Gasteiger partial charge in [0.25, 0.3) is 0 Å². The summed E-state index contributed by atoms with van der Waals surface area (Å²) in [7, 11) is 0. The Morgan fingerprint density at radius 2 is 0.452 bits per heavy atom. The summed E-state index contributed by atoms with van der Waals surface area (Å²) in [5.74, 6) is 4.92. The number of nitrogens with one attached hydrogen (secondary N) is 2. The largest absolute Gasteiger partial charge is 0.457 e. The van der Waals surface area contributed by atoms with E-state index in [0.717, 1.165) is 37.6 Å². The van der Waals surface area contributed by atoms with E-state index >= 15 is 0 Å². The molecule has 2 aliphatic heterocycles. The highest BCUT2D eigenvalue weighted by Gasteiger charge is 2.26. The maximum absolute atomic E-state index is 13.9. The van der Waals surface area contributed by atoms with Crippen molar-refractivity contribution in [2.24, 2.45) is 0 Å². The Kier molecular flexibility index (Phi) is 13.3. The molecule has 0 spiro atoms. The number of benzene rings is 12. The van der Waals surface area contributed by atoms with Crippen molar-refractivity contribution in [2.45, 2.75) is 0 Å². The summed E-state index contributed by atoms with van der Waals surface area (Å²) in [6, 6.07) is 75.0. The molecule has 0 unspecified atom stereocenters. The minimum Gasteiger partial charge on any atom is -0.457 e. The van der Waals surface area contributed by atoms with Crippen LogP contribution >= 0.6 is 45.3 Å². The molecule has 0 radical (unpaired) electrons. The number of nitrogens with zero attached hydrogens (tertiary/aromatic N) is 6. The molecule has 9 heterocycles. The number of rotatable bonds is 8. The second-order valence-electron chi connectivity index (χ2n) is 25.2. The zero-order valence-corrected chi connectivity index (χ0v) is 56.9. The molecule has 20 heteroatoms. The first-order chi connectivity index (χ1) is 51.0. The van der Waals surface area contributed by atoms with Gasteiger partial charge in [0.2, 0.25) is 0 Å². The van der Waals surface area contributed by atoms with Gasteiger partial charge in [0.05, 0.1) is 0 Å². The molecule has 104 heavy (non-hydrogen) atoms. The number of hydrogen-bond acceptors (Lipinski definition) is 18. The van der Waals surface area contributed by atoms with Gasteiger partial charge in [0, 0.05) is 124 Å². The first-order valence-electron chi connectivity index (χ1n) is 33.0. The lowest BCUT2D eigenvalue weighted by Gasteiger charge is -2.09. The van der Waals surface area contributed by atoms with Crippen LogP contribution in [0.4, 0.5) is 0 Å². The van der Waals surface area contributed by atoms with E-state index in [-0.39, 0.29) is 21.7 Å². The first kappa shape index (κ1) is 59.6. The molecule has 0 aliphatic carbocycles. The van der Waals surface area contributed by atoms with Crippen LogP contribution in [0.1, 0.15) is 0 Å². The fraction of sp³-hybridized carbons (Fsp3) is 0. The van der Waals surface area contributed by atoms with Gasteiger partial charge in [0.1, 0.15) is 68.6 Å². The first-order valence-corrected chi connectivity index (χ1v) is 36.2. The lowest BCUT2D eigenvalue weighted by Crippen LogP contribution is -2.00. The summed E-state index contributed by atoms with van der Waals surface area (Å²) >= 11 is 6.19. The van der Waals surface area contributed by atoms with Crippen LogP contribution in [0.3, 0.4) is 0 Å². The molecule has 2 N–H and O–H groups in total. The van der Waals surface area contributed by atoms with Gasteiger partial charge in [-0.05, 0) is 194 Å². The summed E-state index contributed by atoms with van der Waals surface area (Å²) < 4.78 is 33.6. The van der Waals surface area contributed by atoms with E-state index in [1.807, 2.05) is 218 Å². The molecule has 0 saturated carbocycles. The van der Waals surface area contributed by atoms with Gasteiger partial charge >= 0.3 is 0 Å². The van der Waals surface area contributed by atoms with Gasteiger partial charge in [0.15, 0.2) is 45.0 Å². The minimum absolute atomic E-state index is 0.0789. The average molecular weight is 1420 g/mol.